The number of alkyl halides is 3. The van der Waals surface area contributed by atoms with Crippen LogP contribution in [0.1, 0.15) is 26.3 Å². The van der Waals surface area contributed by atoms with Crippen molar-refractivity contribution in [2.24, 2.45) is 4.99 Å². The molecule has 2 rings (SSSR count). The molecule has 1 fully saturated rings. The van der Waals surface area contributed by atoms with Gasteiger partial charge in [-0.05, 0) is 26.8 Å². The lowest BCUT2D eigenvalue weighted by Crippen LogP contribution is -2.46. The van der Waals surface area contributed by atoms with E-state index in [-0.39, 0.29) is 5.17 Å². The number of nitrogens with zero attached hydrogens (tertiary/aromatic N) is 1. The maximum atomic E-state index is 13.1. The molecule has 1 aromatic carbocycles. The number of aliphatic imine (C=N–C) groups is 1. The number of carbonyl (C=O) groups is 1. The first-order valence-electron chi connectivity index (χ1n) is 6.82. The van der Waals surface area contributed by atoms with Crippen LogP contribution in [0.4, 0.5) is 13.2 Å². The molecular formula is C15H17F3N2O2S. The number of carbonyl (C=O) groups excluding carboxylic acids is 1. The topological polar surface area (TPSA) is 50.7 Å². The molecule has 0 aliphatic carbocycles. The van der Waals surface area contributed by atoms with Gasteiger partial charge in [0.15, 0.2) is 9.91 Å². The van der Waals surface area contributed by atoms with Gasteiger partial charge in [0.1, 0.15) is 5.75 Å². The molecule has 0 aromatic heterocycles. The zero-order chi connectivity index (χ0) is 17.5. The molecule has 1 aliphatic heterocycles. The lowest BCUT2D eigenvalue weighted by atomic mass is 9.94. The summed E-state index contributed by atoms with van der Waals surface area (Å²) in [7, 11) is 1.51. The van der Waals surface area contributed by atoms with Crippen LogP contribution in [0.5, 0.6) is 5.75 Å². The van der Waals surface area contributed by atoms with Gasteiger partial charge in [0.25, 0.3) is 5.91 Å². The number of halogens is 3. The summed E-state index contributed by atoms with van der Waals surface area (Å²) in [5, 5.41) is 2.18. The van der Waals surface area contributed by atoms with Crippen LogP contribution in [0, 0.1) is 0 Å². The smallest absolute Gasteiger partial charge is 0.412 e. The van der Waals surface area contributed by atoms with E-state index < -0.39 is 22.4 Å². The van der Waals surface area contributed by atoms with Crippen molar-refractivity contribution < 1.29 is 22.7 Å². The SMILES string of the molecule is COc1ccccc1C(C)(C)N=C1NC(=O)[C@@](C)(C(F)(F)F)S1. The number of hydrogen-bond acceptors (Lipinski definition) is 4. The molecule has 1 atom stereocenters. The van der Waals surface area contributed by atoms with Gasteiger partial charge in [-0.1, -0.05) is 30.0 Å². The summed E-state index contributed by atoms with van der Waals surface area (Å²) >= 11 is 0.387. The number of hydrogen-bond donors (Lipinski definition) is 1. The molecule has 0 radical (unpaired) electrons. The molecule has 1 aliphatic rings. The Labute approximate surface area is 136 Å². The first-order chi connectivity index (χ1) is 10.5. The van der Waals surface area contributed by atoms with Crippen molar-refractivity contribution in [3.8, 4) is 5.75 Å². The van der Waals surface area contributed by atoms with E-state index in [2.05, 4.69) is 10.3 Å². The van der Waals surface area contributed by atoms with Gasteiger partial charge < -0.3 is 10.1 Å². The lowest BCUT2D eigenvalue weighted by molar-refractivity contribution is -0.166. The van der Waals surface area contributed by atoms with Gasteiger partial charge in [0, 0.05) is 5.56 Å². The molecule has 1 aromatic rings. The van der Waals surface area contributed by atoms with E-state index in [0.29, 0.717) is 23.1 Å². The Balaban J connectivity index is 2.37. The Morgan fingerprint density at radius 2 is 1.87 bits per heavy atom. The number of benzene rings is 1. The van der Waals surface area contributed by atoms with Crippen molar-refractivity contribution in [1.82, 2.24) is 5.32 Å². The molecule has 4 nitrogen and oxygen atoms in total. The quantitative estimate of drug-likeness (QED) is 0.912. The molecule has 0 spiro atoms. The molecule has 23 heavy (non-hydrogen) atoms. The summed E-state index contributed by atoms with van der Waals surface area (Å²) in [5.74, 6) is -0.528. The Hall–Kier alpha value is -1.70. The first kappa shape index (κ1) is 17.7. The Morgan fingerprint density at radius 1 is 1.26 bits per heavy atom. The summed E-state index contributed by atoms with van der Waals surface area (Å²) in [6.45, 7) is 4.34. The fourth-order valence-electron chi connectivity index (χ4n) is 2.18. The highest BCUT2D eigenvalue weighted by molar-refractivity contribution is 8.16. The van der Waals surface area contributed by atoms with E-state index in [1.54, 1.807) is 38.1 Å². The Bertz CT molecular complexity index is 658. The number of amides is 1. The fourth-order valence-corrected chi connectivity index (χ4v) is 3.25. The molecular weight excluding hydrogens is 329 g/mol. The summed E-state index contributed by atoms with van der Waals surface area (Å²) in [5.41, 5.74) is -0.149. The van der Waals surface area contributed by atoms with E-state index in [1.807, 2.05) is 0 Å². The number of para-hydroxylation sites is 1. The van der Waals surface area contributed by atoms with Crippen molar-refractivity contribution in [1.29, 1.82) is 0 Å². The average Bonchev–Trinajstić information content (AvgIpc) is 2.73. The maximum absolute atomic E-state index is 13.1. The van der Waals surface area contributed by atoms with Gasteiger partial charge in [0.2, 0.25) is 0 Å². The number of rotatable bonds is 3. The predicted octanol–water partition coefficient (Wildman–Crippen LogP) is 3.47. The molecule has 8 heteroatoms. The van der Waals surface area contributed by atoms with Crippen LogP contribution in [-0.2, 0) is 10.3 Å². The van der Waals surface area contributed by atoms with E-state index in [4.69, 9.17) is 4.74 Å². The first-order valence-corrected chi connectivity index (χ1v) is 7.63. The molecule has 1 amide bonds. The highest BCUT2D eigenvalue weighted by atomic mass is 32.2. The molecule has 1 N–H and O–H groups in total. The van der Waals surface area contributed by atoms with E-state index in [1.165, 1.54) is 7.11 Å². The van der Waals surface area contributed by atoms with Crippen molar-refractivity contribution >= 4 is 22.8 Å². The van der Waals surface area contributed by atoms with E-state index >= 15 is 0 Å². The van der Waals surface area contributed by atoms with Gasteiger partial charge in [-0.3, -0.25) is 9.79 Å². The summed E-state index contributed by atoms with van der Waals surface area (Å²) in [4.78, 5) is 16.1. The minimum atomic E-state index is -4.66. The van der Waals surface area contributed by atoms with Gasteiger partial charge in [-0.2, -0.15) is 13.2 Å². The highest BCUT2D eigenvalue weighted by Crippen LogP contribution is 2.46. The largest absolute Gasteiger partial charge is 0.496 e. The number of amidine groups is 1. The lowest BCUT2D eigenvalue weighted by Gasteiger charge is -2.24. The predicted molar refractivity (Wildman–Crippen MR) is 83.6 cm³/mol. The normalized spacial score (nSPS) is 24.0. The van der Waals surface area contributed by atoms with Crippen LogP contribution >= 0.6 is 11.8 Å². The third-order valence-electron chi connectivity index (χ3n) is 3.64. The molecule has 0 saturated carbocycles. The number of methoxy groups -OCH3 is 1. The number of ether oxygens (including phenoxy) is 1. The zero-order valence-corrected chi connectivity index (χ0v) is 13.9. The van der Waals surface area contributed by atoms with Gasteiger partial charge >= 0.3 is 6.18 Å². The van der Waals surface area contributed by atoms with Crippen molar-refractivity contribution in [3.63, 3.8) is 0 Å². The van der Waals surface area contributed by atoms with Gasteiger partial charge in [0.05, 0.1) is 12.6 Å². The molecule has 0 unspecified atom stereocenters. The van der Waals surface area contributed by atoms with Gasteiger partial charge in [-0.15, -0.1) is 0 Å². The minimum Gasteiger partial charge on any atom is -0.496 e. The number of thioether (sulfide) groups is 1. The second-order valence-electron chi connectivity index (χ2n) is 5.76. The van der Waals surface area contributed by atoms with Crippen LogP contribution in [0.15, 0.2) is 29.3 Å². The standard InChI is InChI=1S/C15H17F3N2O2S/c1-13(2,9-7-5-6-8-10(9)22-4)20-12-19-11(21)14(3,23-12)15(16,17)18/h5-8H,1-4H3,(H,19,20,21)/t14-/m0/s1. The van der Waals surface area contributed by atoms with Crippen molar-refractivity contribution in [2.45, 2.75) is 37.2 Å². The van der Waals surface area contributed by atoms with Crippen LogP contribution < -0.4 is 10.1 Å². The van der Waals surface area contributed by atoms with Crippen LogP contribution in [-0.4, -0.2) is 29.1 Å². The van der Waals surface area contributed by atoms with E-state index in [9.17, 15) is 18.0 Å². The maximum Gasteiger partial charge on any atom is 0.412 e. The monoisotopic (exact) mass is 346 g/mol. The summed E-state index contributed by atoms with van der Waals surface area (Å²) in [6, 6.07) is 7.11. The van der Waals surface area contributed by atoms with Crippen molar-refractivity contribution in [3.05, 3.63) is 29.8 Å². The second kappa shape index (κ2) is 5.74. The van der Waals surface area contributed by atoms with Crippen LogP contribution in [0.25, 0.3) is 0 Å². The third kappa shape index (κ3) is 3.17. The fraction of sp³-hybridized carbons (Fsp3) is 0.467. The Kier molecular flexibility index (Phi) is 4.40. The molecule has 0 bridgehead atoms. The Morgan fingerprint density at radius 3 is 2.39 bits per heavy atom. The molecule has 1 heterocycles. The summed E-state index contributed by atoms with van der Waals surface area (Å²) in [6.07, 6.45) is -4.66. The molecule has 126 valence electrons. The van der Waals surface area contributed by atoms with Gasteiger partial charge in [-0.25, -0.2) is 0 Å². The molecule has 1 saturated heterocycles. The third-order valence-corrected chi connectivity index (χ3v) is 4.85. The summed E-state index contributed by atoms with van der Waals surface area (Å²) < 4.78 is 42.0. The highest BCUT2D eigenvalue weighted by Gasteiger charge is 2.62. The second-order valence-corrected chi connectivity index (χ2v) is 7.17. The van der Waals surface area contributed by atoms with E-state index in [0.717, 1.165) is 6.92 Å². The zero-order valence-electron chi connectivity index (χ0n) is 13.1. The van der Waals surface area contributed by atoms with Crippen molar-refractivity contribution in [2.75, 3.05) is 7.11 Å². The number of nitrogens with one attached hydrogen (secondary N) is 1. The minimum absolute atomic E-state index is 0.0502. The van der Waals surface area contributed by atoms with Crippen LogP contribution in [0.3, 0.4) is 0 Å². The average molecular weight is 346 g/mol. The van der Waals surface area contributed by atoms with Crippen LogP contribution in [0.2, 0.25) is 0 Å².